The molecule has 0 radical (unpaired) electrons. The van der Waals surface area contributed by atoms with Crippen LogP contribution in [0.3, 0.4) is 0 Å². The molecule has 3 rings (SSSR count). The number of phenols is 1. The van der Waals surface area contributed by atoms with Crippen LogP contribution in [0.5, 0.6) is 5.75 Å². The Labute approximate surface area is 122 Å². The fraction of sp³-hybridized carbons (Fsp3) is 0.667. The lowest BCUT2D eigenvalue weighted by atomic mass is 9.74. The van der Waals surface area contributed by atoms with Crippen LogP contribution in [0.2, 0.25) is 0 Å². The summed E-state index contributed by atoms with van der Waals surface area (Å²) in [6, 6.07) is 6.30. The molecule has 2 heteroatoms. The van der Waals surface area contributed by atoms with E-state index in [1.165, 1.54) is 50.8 Å². The van der Waals surface area contributed by atoms with Crippen molar-refractivity contribution in [1.82, 2.24) is 4.90 Å². The van der Waals surface area contributed by atoms with E-state index in [-0.39, 0.29) is 0 Å². The largest absolute Gasteiger partial charge is 0.508 e. The number of fused-ring (bicyclic) bond motifs is 1. The maximum Gasteiger partial charge on any atom is 0.120 e. The van der Waals surface area contributed by atoms with Gasteiger partial charge in [-0.3, -0.25) is 4.90 Å². The number of likely N-dealkylation sites (tertiary alicyclic amines) is 1. The Balaban J connectivity index is 1.74. The third-order valence-electron chi connectivity index (χ3n) is 5.50. The Hall–Kier alpha value is -1.02. The van der Waals surface area contributed by atoms with Gasteiger partial charge in [0.1, 0.15) is 5.75 Å². The van der Waals surface area contributed by atoms with Crippen LogP contribution in [-0.4, -0.2) is 23.1 Å². The van der Waals surface area contributed by atoms with Gasteiger partial charge in [-0.2, -0.15) is 0 Å². The van der Waals surface area contributed by atoms with Gasteiger partial charge < -0.3 is 5.11 Å². The van der Waals surface area contributed by atoms with Crippen LogP contribution in [0.15, 0.2) is 18.2 Å². The van der Waals surface area contributed by atoms with E-state index in [1.54, 1.807) is 0 Å². The summed E-state index contributed by atoms with van der Waals surface area (Å²) in [5.41, 5.74) is 2.33. The minimum absolute atomic E-state index is 0.331. The maximum absolute atomic E-state index is 10.1. The second-order valence-corrected chi connectivity index (χ2v) is 6.83. The highest BCUT2D eigenvalue weighted by Gasteiger charge is 2.33. The van der Waals surface area contributed by atoms with Gasteiger partial charge >= 0.3 is 0 Å². The molecule has 20 heavy (non-hydrogen) atoms. The molecule has 3 unspecified atom stereocenters. The number of phenolic OH excluding ortho intramolecular Hbond substituents is 1. The molecular weight excluding hydrogens is 246 g/mol. The topological polar surface area (TPSA) is 23.5 Å². The Morgan fingerprint density at radius 1 is 1.15 bits per heavy atom. The number of nitrogens with zero attached hydrogens (tertiary/aromatic N) is 1. The van der Waals surface area contributed by atoms with Crippen molar-refractivity contribution in [2.45, 2.75) is 52.0 Å². The lowest BCUT2D eigenvalue weighted by Crippen LogP contribution is -2.42. The normalized spacial score (nSPS) is 28.9. The summed E-state index contributed by atoms with van der Waals surface area (Å²) in [6.45, 7) is 6.76. The molecule has 1 saturated carbocycles. The lowest BCUT2D eigenvalue weighted by molar-refractivity contribution is 0.0609. The van der Waals surface area contributed by atoms with Gasteiger partial charge in [-0.05, 0) is 51.1 Å². The van der Waals surface area contributed by atoms with E-state index in [2.05, 4.69) is 24.8 Å². The first kappa shape index (κ1) is 13.9. The first-order chi connectivity index (χ1) is 9.65. The smallest absolute Gasteiger partial charge is 0.120 e. The van der Waals surface area contributed by atoms with Crippen LogP contribution in [-0.2, 0) is 0 Å². The summed E-state index contributed by atoms with van der Waals surface area (Å²) in [5, 5.41) is 10.1. The molecule has 3 atom stereocenters. The van der Waals surface area contributed by atoms with Crippen molar-refractivity contribution in [2.75, 3.05) is 13.1 Å². The maximum atomic E-state index is 10.1. The number of aryl methyl sites for hydroxylation is 1. The Bertz CT molecular complexity index is 470. The molecule has 2 fully saturated rings. The van der Waals surface area contributed by atoms with Gasteiger partial charge in [-0.15, -0.1) is 0 Å². The lowest BCUT2D eigenvalue weighted by Gasteiger charge is -2.43. The molecule has 2 nitrogen and oxygen atoms in total. The molecule has 1 aliphatic carbocycles. The molecule has 1 N–H and O–H groups in total. The predicted molar refractivity (Wildman–Crippen MR) is 82.9 cm³/mol. The van der Waals surface area contributed by atoms with Crippen LogP contribution in [0.1, 0.15) is 56.2 Å². The van der Waals surface area contributed by atoms with E-state index in [1.807, 2.05) is 12.1 Å². The molecule has 0 aromatic heterocycles. The van der Waals surface area contributed by atoms with Crippen molar-refractivity contribution >= 4 is 0 Å². The van der Waals surface area contributed by atoms with E-state index in [4.69, 9.17) is 0 Å². The van der Waals surface area contributed by atoms with Gasteiger partial charge in [-0.1, -0.05) is 37.0 Å². The van der Waals surface area contributed by atoms with Crippen LogP contribution >= 0.6 is 0 Å². The summed E-state index contributed by atoms with van der Waals surface area (Å²) in [4.78, 5) is 2.58. The number of piperidine rings is 1. The van der Waals surface area contributed by atoms with E-state index in [9.17, 15) is 5.11 Å². The highest BCUT2D eigenvalue weighted by molar-refractivity contribution is 5.37. The van der Waals surface area contributed by atoms with Crippen LogP contribution < -0.4 is 0 Å². The highest BCUT2D eigenvalue weighted by Crippen LogP contribution is 2.39. The van der Waals surface area contributed by atoms with Crippen molar-refractivity contribution in [3.8, 4) is 5.75 Å². The third-order valence-corrected chi connectivity index (χ3v) is 5.50. The number of hydrogen-bond acceptors (Lipinski definition) is 2. The first-order valence-corrected chi connectivity index (χ1v) is 8.18. The molecule has 110 valence electrons. The molecule has 0 spiro atoms. The molecular formula is C18H27NO. The first-order valence-electron chi connectivity index (χ1n) is 8.18. The molecule has 1 aromatic rings. The quantitative estimate of drug-likeness (QED) is 0.869. The van der Waals surface area contributed by atoms with E-state index >= 15 is 0 Å². The summed E-state index contributed by atoms with van der Waals surface area (Å²) >= 11 is 0. The predicted octanol–water partition coefficient (Wildman–Crippen LogP) is 4.27. The van der Waals surface area contributed by atoms with Gasteiger partial charge in [0.2, 0.25) is 0 Å². The minimum Gasteiger partial charge on any atom is -0.508 e. The Morgan fingerprint density at radius 2 is 1.90 bits per heavy atom. The van der Waals surface area contributed by atoms with Crippen LogP contribution in [0.4, 0.5) is 0 Å². The van der Waals surface area contributed by atoms with E-state index < -0.39 is 0 Å². The third kappa shape index (κ3) is 2.71. The SMILES string of the molecule is Cc1ccc(O)c(C(C)N2CCC3CCCCC3C2)c1. The number of hydrogen-bond donors (Lipinski definition) is 1. The van der Waals surface area contributed by atoms with E-state index in [0.717, 1.165) is 17.4 Å². The monoisotopic (exact) mass is 273 g/mol. The average molecular weight is 273 g/mol. The fourth-order valence-electron chi connectivity index (χ4n) is 4.19. The molecule has 2 aliphatic rings. The number of benzene rings is 1. The van der Waals surface area contributed by atoms with Gasteiger partial charge in [0.15, 0.2) is 0 Å². The van der Waals surface area contributed by atoms with Gasteiger partial charge in [0, 0.05) is 18.2 Å². The second-order valence-electron chi connectivity index (χ2n) is 6.83. The Kier molecular flexibility index (Phi) is 4.02. The molecule has 1 aromatic carbocycles. The zero-order chi connectivity index (χ0) is 14.1. The summed E-state index contributed by atoms with van der Waals surface area (Å²) in [7, 11) is 0. The van der Waals surface area contributed by atoms with Crippen LogP contribution in [0, 0.1) is 18.8 Å². The number of rotatable bonds is 2. The minimum atomic E-state index is 0.331. The second kappa shape index (κ2) is 5.77. The number of aromatic hydroxyl groups is 1. The summed E-state index contributed by atoms with van der Waals surface area (Å²) < 4.78 is 0. The highest BCUT2D eigenvalue weighted by atomic mass is 16.3. The van der Waals surface area contributed by atoms with Crippen molar-refractivity contribution in [2.24, 2.45) is 11.8 Å². The molecule has 1 heterocycles. The summed E-state index contributed by atoms with van der Waals surface area (Å²) in [6.07, 6.45) is 7.06. The molecule has 0 amide bonds. The van der Waals surface area contributed by atoms with Crippen molar-refractivity contribution < 1.29 is 5.11 Å². The molecule has 0 bridgehead atoms. The molecule has 1 saturated heterocycles. The molecule has 1 aliphatic heterocycles. The van der Waals surface area contributed by atoms with Gasteiger partial charge in [-0.25, -0.2) is 0 Å². The van der Waals surface area contributed by atoms with E-state index in [0.29, 0.717) is 11.8 Å². The Morgan fingerprint density at radius 3 is 2.70 bits per heavy atom. The van der Waals surface area contributed by atoms with Crippen molar-refractivity contribution in [3.63, 3.8) is 0 Å². The fourth-order valence-corrected chi connectivity index (χ4v) is 4.19. The summed E-state index contributed by atoms with van der Waals surface area (Å²) in [5.74, 6) is 2.32. The zero-order valence-electron chi connectivity index (χ0n) is 12.8. The van der Waals surface area contributed by atoms with Crippen molar-refractivity contribution in [3.05, 3.63) is 29.3 Å². The zero-order valence-corrected chi connectivity index (χ0v) is 12.8. The van der Waals surface area contributed by atoms with Gasteiger partial charge in [0.25, 0.3) is 0 Å². The van der Waals surface area contributed by atoms with Gasteiger partial charge in [0.05, 0.1) is 0 Å². The van der Waals surface area contributed by atoms with Crippen LogP contribution in [0.25, 0.3) is 0 Å². The standard InChI is InChI=1S/C18H27NO/c1-13-7-8-18(20)17(11-13)14(2)19-10-9-15-5-3-4-6-16(15)12-19/h7-8,11,14-16,20H,3-6,9-10,12H2,1-2H3. The van der Waals surface area contributed by atoms with Crippen molar-refractivity contribution in [1.29, 1.82) is 0 Å². The average Bonchev–Trinajstić information content (AvgIpc) is 2.48.